The summed E-state index contributed by atoms with van der Waals surface area (Å²) < 4.78 is 12.9. The number of rotatable bonds is 10. The van der Waals surface area contributed by atoms with Crippen LogP contribution in [0.4, 0.5) is 0 Å². The summed E-state index contributed by atoms with van der Waals surface area (Å²) in [5.41, 5.74) is 11.8. The number of benzene rings is 7. The summed E-state index contributed by atoms with van der Waals surface area (Å²) in [7, 11) is 0. The van der Waals surface area contributed by atoms with Crippen molar-refractivity contribution in [3.05, 3.63) is 131 Å². The van der Waals surface area contributed by atoms with Crippen LogP contribution in [0.15, 0.2) is 109 Å². The molecule has 7 rings (SSSR count). The van der Waals surface area contributed by atoms with Crippen LogP contribution < -0.4 is 9.47 Å². The summed E-state index contributed by atoms with van der Waals surface area (Å²) in [5, 5.41) is 6.73. The average molecular weight is 785 g/mol. The smallest absolute Gasteiger partial charge is 0.156 e. The Morgan fingerprint density at radius 1 is 0.517 bits per heavy atom. The maximum atomic E-state index is 6.50. The van der Waals surface area contributed by atoms with Crippen molar-refractivity contribution in [2.24, 2.45) is 0 Å². The quantitative estimate of drug-likeness (QED) is 0.0781. The molecule has 0 radical (unpaired) electrons. The highest BCUT2D eigenvalue weighted by Gasteiger charge is 2.22. The summed E-state index contributed by atoms with van der Waals surface area (Å²) >= 11 is 0. The van der Waals surface area contributed by atoms with Crippen molar-refractivity contribution < 1.29 is 9.47 Å². The molecule has 7 aromatic carbocycles. The van der Waals surface area contributed by atoms with Crippen molar-refractivity contribution in [1.82, 2.24) is 0 Å². The van der Waals surface area contributed by atoms with E-state index in [1.165, 1.54) is 73.3 Å². The Hall–Kier alpha value is -6.40. The molecule has 60 heavy (non-hydrogen) atoms. The molecule has 0 amide bonds. The molecule has 300 valence electrons. The normalized spacial score (nSPS) is 11.5. The average Bonchev–Trinajstić information content (AvgIpc) is 3.22. The van der Waals surface area contributed by atoms with Crippen LogP contribution in [0.25, 0.3) is 65.7 Å². The highest BCUT2D eigenvalue weighted by Crippen LogP contribution is 2.48. The van der Waals surface area contributed by atoms with E-state index < -0.39 is 0 Å². The predicted octanol–water partition coefficient (Wildman–Crippen LogP) is 15.3. The summed E-state index contributed by atoms with van der Waals surface area (Å²) in [6, 6.07) is 40.6. The SMILES string of the molecule is C#CC#CC#COc1c(-c2ccc3c(-c4ccc(C(C)(C)C)cc4)c4cc(C)ccc4c(-c4ccc(C(C)(C)C)cc4)c3c2)ccc2c(OCCCCCC)c(C)ccc12. The van der Waals surface area contributed by atoms with E-state index in [1.54, 1.807) is 0 Å². The fourth-order valence-electron chi connectivity index (χ4n) is 8.27. The van der Waals surface area contributed by atoms with Crippen LogP contribution in [0.3, 0.4) is 0 Å². The molecule has 0 N–H and O–H groups in total. The van der Waals surface area contributed by atoms with Crippen LogP contribution in [0.5, 0.6) is 11.5 Å². The van der Waals surface area contributed by atoms with Crippen molar-refractivity contribution in [2.75, 3.05) is 6.61 Å². The minimum absolute atomic E-state index is 0.0380. The van der Waals surface area contributed by atoms with Gasteiger partial charge in [0.05, 0.1) is 6.61 Å². The second-order valence-electron chi connectivity index (χ2n) is 18.1. The minimum Gasteiger partial charge on any atom is -0.493 e. The van der Waals surface area contributed by atoms with Gasteiger partial charge in [-0.05, 0) is 127 Å². The second kappa shape index (κ2) is 17.4. The fourth-order valence-corrected chi connectivity index (χ4v) is 8.27. The molecular formula is C58H56O2. The first kappa shape index (κ1) is 41.7. The van der Waals surface area contributed by atoms with Crippen molar-refractivity contribution in [3.8, 4) is 81.1 Å². The molecule has 7 aromatic rings. The lowest BCUT2D eigenvalue weighted by Gasteiger charge is -2.22. The monoisotopic (exact) mass is 784 g/mol. The summed E-state index contributed by atoms with van der Waals surface area (Å²) in [6.07, 6.45) is 12.8. The van der Waals surface area contributed by atoms with Gasteiger partial charge < -0.3 is 9.47 Å². The number of terminal acetylenes is 1. The van der Waals surface area contributed by atoms with Crippen LogP contribution >= 0.6 is 0 Å². The van der Waals surface area contributed by atoms with Gasteiger partial charge in [0, 0.05) is 28.2 Å². The highest BCUT2D eigenvalue weighted by atomic mass is 16.5. The maximum Gasteiger partial charge on any atom is 0.156 e. The summed E-state index contributed by atoms with van der Waals surface area (Å²) in [4.78, 5) is 0. The van der Waals surface area contributed by atoms with Gasteiger partial charge in [0.15, 0.2) is 5.75 Å². The summed E-state index contributed by atoms with van der Waals surface area (Å²) in [5.74, 6) is 11.9. The van der Waals surface area contributed by atoms with E-state index in [0.717, 1.165) is 46.1 Å². The third kappa shape index (κ3) is 8.65. The van der Waals surface area contributed by atoms with Crippen LogP contribution in [0.2, 0.25) is 0 Å². The first-order valence-corrected chi connectivity index (χ1v) is 21.3. The maximum absolute atomic E-state index is 6.50. The summed E-state index contributed by atoms with van der Waals surface area (Å²) in [6.45, 7) is 20.8. The lowest BCUT2D eigenvalue weighted by molar-refractivity contribution is 0.306. The van der Waals surface area contributed by atoms with E-state index >= 15 is 0 Å². The molecule has 0 aromatic heterocycles. The third-order valence-electron chi connectivity index (χ3n) is 11.6. The largest absolute Gasteiger partial charge is 0.493 e. The van der Waals surface area contributed by atoms with E-state index in [-0.39, 0.29) is 10.8 Å². The molecule has 2 nitrogen and oxygen atoms in total. The number of fused-ring (bicyclic) bond motifs is 3. The molecular weight excluding hydrogens is 729 g/mol. The molecule has 0 atom stereocenters. The Balaban J connectivity index is 1.51. The van der Waals surface area contributed by atoms with Gasteiger partial charge in [0.25, 0.3) is 0 Å². The molecule has 0 saturated heterocycles. The van der Waals surface area contributed by atoms with Crippen LogP contribution in [-0.2, 0) is 10.8 Å². The van der Waals surface area contributed by atoms with Gasteiger partial charge in [-0.3, -0.25) is 0 Å². The molecule has 0 aliphatic carbocycles. The molecule has 0 unspecified atom stereocenters. The Labute approximate surface area is 358 Å². The molecule has 0 saturated carbocycles. The second-order valence-corrected chi connectivity index (χ2v) is 18.1. The van der Waals surface area contributed by atoms with Crippen LogP contribution in [-0.4, -0.2) is 6.61 Å². The zero-order chi connectivity index (χ0) is 42.6. The van der Waals surface area contributed by atoms with Crippen LogP contribution in [0.1, 0.15) is 96.4 Å². The Morgan fingerprint density at radius 2 is 1.07 bits per heavy atom. The number of aryl methyl sites for hydroxylation is 2. The van der Waals surface area contributed by atoms with Crippen molar-refractivity contribution in [2.45, 2.75) is 98.8 Å². The lowest BCUT2D eigenvalue weighted by atomic mass is 9.82. The van der Waals surface area contributed by atoms with Gasteiger partial charge in [-0.1, -0.05) is 164 Å². The predicted molar refractivity (Wildman–Crippen MR) is 257 cm³/mol. The van der Waals surface area contributed by atoms with E-state index in [2.05, 4.69) is 201 Å². The van der Waals surface area contributed by atoms with E-state index in [9.17, 15) is 0 Å². The van der Waals surface area contributed by atoms with Crippen molar-refractivity contribution in [3.63, 3.8) is 0 Å². The minimum atomic E-state index is 0.0380. The van der Waals surface area contributed by atoms with E-state index in [1.807, 2.05) is 0 Å². The molecule has 0 heterocycles. The molecule has 0 fully saturated rings. The van der Waals surface area contributed by atoms with Gasteiger partial charge in [0.2, 0.25) is 0 Å². The number of ether oxygens (including phenoxy) is 2. The first-order valence-electron chi connectivity index (χ1n) is 21.3. The van der Waals surface area contributed by atoms with Crippen LogP contribution in [0, 0.1) is 50.1 Å². The van der Waals surface area contributed by atoms with E-state index in [4.69, 9.17) is 15.9 Å². The molecule has 0 aliphatic heterocycles. The number of unbranched alkanes of at least 4 members (excludes halogenated alkanes) is 3. The fraction of sp³-hybridized carbons (Fsp3) is 0.276. The molecule has 2 heteroatoms. The topological polar surface area (TPSA) is 18.5 Å². The van der Waals surface area contributed by atoms with Gasteiger partial charge in [0.1, 0.15) is 11.9 Å². The van der Waals surface area contributed by atoms with E-state index in [0.29, 0.717) is 12.4 Å². The molecule has 0 spiro atoms. The molecule has 0 bridgehead atoms. The van der Waals surface area contributed by atoms with Gasteiger partial charge in [-0.25, -0.2) is 0 Å². The standard InChI is InChI=1S/C58H56O2/c1-11-13-15-17-35-59-55-40(4)20-31-50-49(55)34-33-46(56(50)60-36-18-16-14-12-2)43-25-32-48-52(38-43)54(42-23-28-45(29-24-42)58(8,9)10)47-30-19-39(3)37-51(47)53(48)41-21-26-44(27-22-41)57(5,6)7/h2,19-34,37-38H,11,13,15,17,35H2,1,3-10H3. The van der Waals surface area contributed by atoms with Gasteiger partial charge in [-0.15, -0.1) is 6.42 Å². The lowest BCUT2D eigenvalue weighted by Crippen LogP contribution is -2.10. The zero-order valence-electron chi connectivity index (χ0n) is 36.8. The van der Waals surface area contributed by atoms with Crippen molar-refractivity contribution in [1.29, 1.82) is 0 Å². The Bertz CT molecular complexity index is 2880. The number of hydrogen-bond acceptors (Lipinski definition) is 2. The highest BCUT2D eigenvalue weighted by molar-refractivity contribution is 6.22. The van der Waals surface area contributed by atoms with Crippen molar-refractivity contribution >= 4 is 32.3 Å². The third-order valence-corrected chi connectivity index (χ3v) is 11.6. The first-order chi connectivity index (χ1) is 28.8. The number of hydrogen-bond donors (Lipinski definition) is 0. The Morgan fingerprint density at radius 3 is 1.67 bits per heavy atom. The van der Waals surface area contributed by atoms with Gasteiger partial charge >= 0.3 is 0 Å². The molecule has 0 aliphatic rings. The van der Waals surface area contributed by atoms with Gasteiger partial charge in [-0.2, -0.15) is 0 Å². The Kier molecular flexibility index (Phi) is 12.1. The zero-order valence-corrected chi connectivity index (χ0v) is 36.8.